The normalized spacial score (nSPS) is 24.0. The van der Waals surface area contributed by atoms with Gasteiger partial charge in [-0.2, -0.15) is 4.98 Å². The molecule has 0 saturated carbocycles. The first-order valence-electron chi connectivity index (χ1n) is 8.08. The third-order valence-corrected chi connectivity index (χ3v) is 4.98. The van der Waals surface area contributed by atoms with E-state index in [1.165, 1.54) is 18.4 Å². The molecule has 4 nitrogen and oxygen atoms in total. The van der Waals surface area contributed by atoms with Gasteiger partial charge < -0.3 is 5.11 Å². The first kappa shape index (κ1) is 13.7. The number of aromatic hydroxyl groups is 1. The van der Waals surface area contributed by atoms with Crippen LogP contribution < -0.4 is 0 Å². The molecule has 1 aromatic heterocycles. The summed E-state index contributed by atoms with van der Waals surface area (Å²) in [5.41, 5.74) is 3.37. The van der Waals surface area contributed by atoms with Crippen LogP contribution in [-0.4, -0.2) is 26.0 Å². The number of piperidine rings is 1. The highest BCUT2D eigenvalue weighted by atomic mass is 16.3. The predicted octanol–water partition coefficient (Wildman–Crippen LogP) is 3.14. The van der Waals surface area contributed by atoms with Crippen molar-refractivity contribution in [1.29, 1.82) is 0 Å². The molecule has 0 spiro atoms. The average Bonchev–Trinajstić information content (AvgIpc) is 2.50. The zero-order valence-electron chi connectivity index (χ0n) is 12.9. The fourth-order valence-corrected chi connectivity index (χ4v) is 3.99. The van der Waals surface area contributed by atoms with Crippen LogP contribution in [-0.2, 0) is 13.0 Å². The molecule has 2 aromatic rings. The van der Waals surface area contributed by atoms with Crippen molar-refractivity contribution in [3.8, 4) is 5.88 Å². The van der Waals surface area contributed by atoms with Gasteiger partial charge in [-0.3, -0.25) is 4.90 Å². The summed E-state index contributed by atoms with van der Waals surface area (Å²) in [5, 5.41) is 10.2. The molecule has 1 aromatic carbocycles. The molecular weight excluding hydrogens is 274 g/mol. The van der Waals surface area contributed by atoms with Crippen molar-refractivity contribution in [3.05, 3.63) is 53.0 Å². The Hall–Kier alpha value is -1.94. The summed E-state index contributed by atoms with van der Waals surface area (Å²) in [6.45, 7) is 2.82. The largest absolute Gasteiger partial charge is 0.493 e. The number of benzene rings is 1. The van der Waals surface area contributed by atoms with Gasteiger partial charge in [0.25, 0.3) is 0 Å². The Morgan fingerprint density at radius 2 is 2.00 bits per heavy atom. The summed E-state index contributed by atoms with van der Waals surface area (Å²) >= 11 is 0. The Morgan fingerprint density at radius 3 is 2.82 bits per heavy atom. The van der Waals surface area contributed by atoms with Crippen molar-refractivity contribution >= 4 is 0 Å². The van der Waals surface area contributed by atoms with E-state index in [2.05, 4.69) is 45.2 Å². The monoisotopic (exact) mass is 295 g/mol. The third kappa shape index (κ3) is 2.28. The number of hydrogen-bond donors (Lipinski definition) is 1. The molecule has 3 heterocycles. The number of hydrogen-bond acceptors (Lipinski definition) is 4. The van der Waals surface area contributed by atoms with Gasteiger partial charge in [0.1, 0.15) is 5.82 Å². The van der Waals surface area contributed by atoms with Crippen molar-refractivity contribution in [2.24, 2.45) is 0 Å². The number of aryl methyl sites for hydroxylation is 1. The summed E-state index contributed by atoms with van der Waals surface area (Å²) < 4.78 is 0. The highest BCUT2D eigenvalue weighted by Gasteiger charge is 2.39. The van der Waals surface area contributed by atoms with Gasteiger partial charge in [0.05, 0.1) is 11.7 Å². The summed E-state index contributed by atoms with van der Waals surface area (Å²) in [4.78, 5) is 11.4. The Morgan fingerprint density at radius 1 is 1.18 bits per heavy atom. The van der Waals surface area contributed by atoms with Crippen molar-refractivity contribution in [2.75, 3.05) is 0 Å². The maximum Gasteiger partial charge on any atom is 0.217 e. The quantitative estimate of drug-likeness (QED) is 0.924. The average molecular weight is 295 g/mol. The van der Waals surface area contributed by atoms with E-state index < -0.39 is 0 Å². The van der Waals surface area contributed by atoms with Crippen LogP contribution in [0.2, 0.25) is 0 Å². The first-order chi connectivity index (χ1) is 10.7. The minimum absolute atomic E-state index is 0.193. The number of aromatic nitrogens is 2. The molecule has 0 aliphatic carbocycles. The number of rotatable bonds is 2. The molecule has 2 aliphatic rings. The van der Waals surface area contributed by atoms with Crippen LogP contribution in [0.3, 0.4) is 0 Å². The van der Waals surface area contributed by atoms with E-state index in [1.54, 1.807) is 0 Å². The van der Waals surface area contributed by atoms with Gasteiger partial charge in [-0.05, 0) is 38.2 Å². The van der Waals surface area contributed by atoms with E-state index in [9.17, 15) is 5.11 Å². The first-order valence-corrected chi connectivity index (χ1v) is 8.08. The highest BCUT2D eigenvalue weighted by Crippen LogP contribution is 2.43. The van der Waals surface area contributed by atoms with Crippen LogP contribution in [0.1, 0.15) is 47.9 Å². The molecule has 2 aliphatic heterocycles. The van der Waals surface area contributed by atoms with Gasteiger partial charge in [-0.1, -0.05) is 30.3 Å². The molecule has 4 heteroatoms. The van der Waals surface area contributed by atoms with Gasteiger partial charge in [-0.25, -0.2) is 4.98 Å². The lowest BCUT2D eigenvalue weighted by atomic mass is 9.82. The van der Waals surface area contributed by atoms with E-state index in [4.69, 9.17) is 0 Å². The summed E-state index contributed by atoms with van der Waals surface area (Å²) in [6.07, 6.45) is 4.41. The molecule has 1 fully saturated rings. The SMILES string of the molecule is Cc1nc(O)c2c(n1)C1CCCC(C2)N1Cc1ccccc1. The van der Waals surface area contributed by atoms with E-state index in [0.29, 0.717) is 17.9 Å². The zero-order valence-corrected chi connectivity index (χ0v) is 12.9. The Bertz CT molecular complexity index is 686. The van der Waals surface area contributed by atoms with Crippen LogP contribution in [0.15, 0.2) is 30.3 Å². The fraction of sp³-hybridized carbons (Fsp3) is 0.444. The molecule has 1 N–H and O–H groups in total. The molecule has 1 saturated heterocycles. The second kappa shape index (κ2) is 5.36. The van der Waals surface area contributed by atoms with Crippen molar-refractivity contribution in [1.82, 2.24) is 14.9 Å². The topological polar surface area (TPSA) is 49.3 Å². The lowest BCUT2D eigenvalue weighted by molar-refractivity contribution is 0.0566. The van der Waals surface area contributed by atoms with Gasteiger partial charge in [0.15, 0.2) is 0 Å². The van der Waals surface area contributed by atoms with Crippen molar-refractivity contribution < 1.29 is 5.11 Å². The van der Waals surface area contributed by atoms with Gasteiger partial charge in [0, 0.05) is 18.2 Å². The van der Waals surface area contributed by atoms with Crippen molar-refractivity contribution in [2.45, 2.75) is 51.2 Å². The maximum atomic E-state index is 10.2. The summed E-state index contributed by atoms with van der Waals surface area (Å²) in [7, 11) is 0. The molecule has 4 rings (SSSR count). The van der Waals surface area contributed by atoms with Gasteiger partial charge in [0.2, 0.25) is 5.88 Å². The van der Waals surface area contributed by atoms with Crippen LogP contribution in [0.5, 0.6) is 5.88 Å². The molecule has 0 radical (unpaired) electrons. The summed E-state index contributed by atoms with van der Waals surface area (Å²) in [5.74, 6) is 0.860. The maximum absolute atomic E-state index is 10.2. The Balaban J connectivity index is 1.72. The van der Waals surface area contributed by atoms with Gasteiger partial charge in [-0.15, -0.1) is 0 Å². The molecule has 2 atom stereocenters. The van der Waals surface area contributed by atoms with Crippen molar-refractivity contribution in [3.63, 3.8) is 0 Å². The molecule has 2 unspecified atom stereocenters. The predicted molar refractivity (Wildman–Crippen MR) is 84.5 cm³/mol. The van der Waals surface area contributed by atoms with Crippen LogP contribution in [0.4, 0.5) is 0 Å². The van der Waals surface area contributed by atoms with E-state index in [-0.39, 0.29) is 5.88 Å². The zero-order chi connectivity index (χ0) is 15.1. The molecule has 114 valence electrons. The lowest BCUT2D eigenvalue weighted by Crippen LogP contribution is -2.46. The van der Waals surface area contributed by atoms with E-state index >= 15 is 0 Å². The molecular formula is C18H21N3O. The minimum Gasteiger partial charge on any atom is -0.493 e. The lowest BCUT2D eigenvalue weighted by Gasteiger charge is -2.46. The Kier molecular flexibility index (Phi) is 3.34. The van der Waals surface area contributed by atoms with Crippen LogP contribution >= 0.6 is 0 Å². The summed E-state index contributed by atoms with van der Waals surface area (Å²) in [6, 6.07) is 11.4. The molecule has 2 bridgehead atoms. The molecule has 0 amide bonds. The van der Waals surface area contributed by atoms with Crippen LogP contribution in [0.25, 0.3) is 0 Å². The van der Waals surface area contributed by atoms with Gasteiger partial charge >= 0.3 is 0 Å². The number of fused-ring (bicyclic) bond motifs is 4. The molecule has 22 heavy (non-hydrogen) atoms. The van der Waals surface area contributed by atoms with E-state index in [1.807, 2.05) is 6.92 Å². The fourth-order valence-electron chi connectivity index (χ4n) is 3.99. The number of nitrogens with zero attached hydrogens (tertiary/aromatic N) is 3. The smallest absolute Gasteiger partial charge is 0.217 e. The second-order valence-electron chi connectivity index (χ2n) is 6.42. The third-order valence-electron chi connectivity index (χ3n) is 4.98. The highest BCUT2D eigenvalue weighted by molar-refractivity contribution is 5.36. The van der Waals surface area contributed by atoms with Crippen LogP contribution in [0, 0.1) is 6.92 Å². The second-order valence-corrected chi connectivity index (χ2v) is 6.42. The van der Waals surface area contributed by atoms with E-state index in [0.717, 1.165) is 30.6 Å². The Labute approximate surface area is 130 Å². The standard InChI is InChI=1S/C18H21N3O/c1-12-19-17-15(18(22)20-12)10-14-8-5-9-16(17)21(14)11-13-6-3-2-4-7-13/h2-4,6-7,14,16H,5,8-11H2,1H3,(H,19,20,22). The minimum atomic E-state index is 0.193.